The third-order valence-electron chi connectivity index (χ3n) is 0.808. The first-order valence-corrected chi connectivity index (χ1v) is 2.07. The van der Waals surface area contributed by atoms with Crippen molar-refractivity contribution in [3.05, 3.63) is 23.8 Å². The Hall–Kier alpha value is -1.30. The highest BCUT2D eigenvalue weighted by Gasteiger charge is 1.96. The number of hydrogen-bond acceptors (Lipinski definition) is 1. The molecule has 0 bridgehead atoms. The minimum Gasteiger partial charge on any atom is -0.351 e. The average Bonchev–Trinajstić information content (AvgIpc) is 2.14. The first-order chi connectivity index (χ1) is 3.84. The van der Waals surface area contributed by atoms with E-state index in [-0.39, 0.29) is 7.12 Å². The van der Waals surface area contributed by atoms with E-state index in [4.69, 9.17) is 5.26 Å². The molecule has 0 saturated carbocycles. The van der Waals surface area contributed by atoms with Gasteiger partial charge in [0.15, 0.2) is 11.5 Å². The summed E-state index contributed by atoms with van der Waals surface area (Å²) in [6.07, 6.45) is 1.38. The first kappa shape index (κ1) is 4.85. The van der Waals surface area contributed by atoms with Gasteiger partial charge in [-0.25, -0.2) is 4.39 Å². The van der Waals surface area contributed by atoms with Gasteiger partial charge >= 0.3 is 0 Å². The minimum atomic E-state index is -0.493. The smallest absolute Gasteiger partial charge is 0.158 e. The molecule has 1 rings (SSSR count). The Morgan fingerprint density at radius 2 is 2.62 bits per heavy atom. The van der Waals surface area contributed by atoms with Crippen LogP contribution in [0.15, 0.2) is 12.3 Å². The lowest BCUT2D eigenvalue weighted by atomic mass is 10.5. The Bertz CT molecular complexity index is 225. The molecule has 3 heteroatoms. The molecule has 0 fully saturated rings. The van der Waals surface area contributed by atoms with Gasteiger partial charge in [-0.1, -0.05) is 0 Å². The predicted octanol–water partition coefficient (Wildman–Crippen LogP) is 1.27. The van der Waals surface area contributed by atoms with Crippen LogP contribution in [0.2, 0.25) is 0 Å². The maximum absolute atomic E-state index is 12.1. The van der Waals surface area contributed by atoms with Crippen molar-refractivity contribution in [2.75, 3.05) is 0 Å². The SMILES string of the molecule is N#Cc1[nH]ccc1F.[HH]. The quantitative estimate of drug-likeness (QED) is 0.539. The highest BCUT2D eigenvalue weighted by atomic mass is 19.1. The third kappa shape index (κ3) is 0.562. The number of H-pyrrole nitrogens is 1. The summed E-state index contributed by atoms with van der Waals surface area (Å²) in [5.74, 6) is -0.493. The van der Waals surface area contributed by atoms with E-state index in [0.717, 1.165) is 0 Å². The van der Waals surface area contributed by atoms with Crippen LogP contribution in [0.5, 0.6) is 0 Å². The zero-order valence-electron chi connectivity index (χ0n) is 3.98. The van der Waals surface area contributed by atoms with E-state index >= 15 is 0 Å². The highest BCUT2D eigenvalue weighted by Crippen LogP contribution is 1.99. The number of hydrogen-bond donors (Lipinski definition) is 1. The fraction of sp³-hybridized carbons (Fsp3) is 0. The van der Waals surface area contributed by atoms with Gasteiger partial charge in [-0.05, 0) is 6.07 Å². The first-order valence-electron chi connectivity index (χ1n) is 2.07. The summed E-state index contributed by atoms with van der Waals surface area (Å²) in [6, 6.07) is 2.85. The van der Waals surface area contributed by atoms with Gasteiger partial charge in [0.05, 0.1) is 0 Å². The summed E-state index contributed by atoms with van der Waals surface area (Å²) in [7, 11) is 0. The molecule has 0 saturated heterocycles. The monoisotopic (exact) mass is 112 g/mol. The number of nitrogens with zero attached hydrogens (tertiary/aromatic N) is 1. The van der Waals surface area contributed by atoms with Crippen molar-refractivity contribution in [3.8, 4) is 6.07 Å². The predicted molar refractivity (Wildman–Crippen MR) is 27.6 cm³/mol. The number of rotatable bonds is 0. The van der Waals surface area contributed by atoms with Gasteiger partial charge < -0.3 is 4.98 Å². The van der Waals surface area contributed by atoms with Crippen molar-refractivity contribution >= 4 is 0 Å². The maximum Gasteiger partial charge on any atom is 0.158 e. The molecule has 0 amide bonds. The van der Waals surface area contributed by atoms with E-state index in [1.807, 2.05) is 0 Å². The second-order valence-corrected chi connectivity index (χ2v) is 1.31. The van der Waals surface area contributed by atoms with E-state index in [0.29, 0.717) is 0 Å². The molecule has 0 atom stereocenters. The normalized spacial score (nSPS) is 8.50. The Morgan fingerprint density at radius 1 is 1.88 bits per heavy atom. The molecule has 0 aromatic carbocycles. The lowest BCUT2D eigenvalue weighted by molar-refractivity contribution is 0.625. The van der Waals surface area contributed by atoms with E-state index < -0.39 is 5.82 Å². The Labute approximate surface area is 47.0 Å². The molecular formula is C5H5FN2. The lowest BCUT2D eigenvalue weighted by Crippen LogP contribution is -1.73. The molecule has 0 aliphatic rings. The second kappa shape index (κ2) is 1.66. The Balaban J connectivity index is 0.000000640. The van der Waals surface area contributed by atoms with Crippen LogP contribution in [0.4, 0.5) is 4.39 Å². The number of aromatic nitrogens is 1. The van der Waals surface area contributed by atoms with E-state index in [9.17, 15) is 4.39 Å². The molecule has 0 aliphatic heterocycles. The lowest BCUT2D eigenvalue weighted by Gasteiger charge is -1.73. The second-order valence-electron chi connectivity index (χ2n) is 1.31. The van der Waals surface area contributed by atoms with Crippen LogP contribution in [0, 0.1) is 17.1 Å². The van der Waals surface area contributed by atoms with Crippen molar-refractivity contribution in [3.63, 3.8) is 0 Å². The molecule has 1 aromatic heterocycles. The van der Waals surface area contributed by atoms with Gasteiger partial charge in [-0.3, -0.25) is 0 Å². The van der Waals surface area contributed by atoms with Crippen molar-refractivity contribution in [2.24, 2.45) is 0 Å². The van der Waals surface area contributed by atoms with E-state index in [1.54, 1.807) is 6.07 Å². The molecule has 0 radical (unpaired) electrons. The van der Waals surface area contributed by atoms with Gasteiger partial charge in [-0.15, -0.1) is 0 Å². The van der Waals surface area contributed by atoms with Crippen molar-refractivity contribution in [1.82, 2.24) is 4.98 Å². The highest BCUT2D eigenvalue weighted by molar-refractivity contribution is 5.21. The van der Waals surface area contributed by atoms with Gasteiger partial charge in [0.2, 0.25) is 0 Å². The molecule has 1 N–H and O–H groups in total. The molecule has 1 aromatic rings. The van der Waals surface area contributed by atoms with E-state index in [2.05, 4.69) is 4.98 Å². The molecule has 0 aliphatic carbocycles. The Morgan fingerprint density at radius 3 is 2.88 bits per heavy atom. The van der Waals surface area contributed by atoms with E-state index in [1.165, 1.54) is 12.3 Å². The molecular weight excluding hydrogens is 107 g/mol. The third-order valence-corrected chi connectivity index (χ3v) is 0.808. The number of aromatic amines is 1. The molecule has 8 heavy (non-hydrogen) atoms. The summed E-state index contributed by atoms with van der Waals surface area (Å²) in [5, 5.41) is 8.09. The van der Waals surface area contributed by atoms with Crippen LogP contribution in [-0.2, 0) is 0 Å². The summed E-state index contributed by atoms with van der Waals surface area (Å²) in [4.78, 5) is 2.42. The van der Waals surface area contributed by atoms with Gasteiger partial charge in [0, 0.05) is 7.62 Å². The summed E-state index contributed by atoms with van der Waals surface area (Å²) >= 11 is 0. The fourth-order valence-electron chi connectivity index (χ4n) is 0.436. The number of halogens is 1. The molecule has 2 nitrogen and oxygen atoms in total. The summed E-state index contributed by atoms with van der Waals surface area (Å²) < 4.78 is 12.1. The van der Waals surface area contributed by atoms with Crippen LogP contribution in [0.25, 0.3) is 0 Å². The molecule has 0 unspecified atom stereocenters. The largest absolute Gasteiger partial charge is 0.351 e. The minimum absolute atomic E-state index is 0. The van der Waals surface area contributed by atoms with Crippen molar-refractivity contribution in [1.29, 1.82) is 5.26 Å². The summed E-state index contributed by atoms with van der Waals surface area (Å²) in [6.45, 7) is 0. The molecule has 1 heterocycles. The standard InChI is InChI=1S/C5H3FN2.H2/c6-4-1-2-8-5(4)3-7;/h1-2,8H;1H. The number of nitrogens with one attached hydrogen (secondary N) is 1. The summed E-state index contributed by atoms with van der Waals surface area (Å²) in [5.41, 5.74) is -0.00926. The van der Waals surface area contributed by atoms with Crippen LogP contribution in [0.3, 0.4) is 0 Å². The van der Waals surface area contributed by atoms with Gasteiger partial charge in [-0.2, -0.15) is 5.26 Å². The topological polar surface area (TPSA) is 39.6 Å². The average molecular weight is 112 g/mol. The fourth-order valence-corrected chi connectivity index (χ4v) is 0.436. The van der Waals surface area contributed by atoms with Crippen molar-refractivity contribution in [2.45, 2.75) is 0 Å². The van der Waals surface area contributed by atoms with Crippen molar-refractivity contribution < 1.29 is 5.82 Å². The molecule has 0 spiro atoms. The van der Waals surface area contributed by atoms with Gasteiger partial charge in [0.1, 0.15) is 6.07 Å². The Kier molecular flexibility index (Phi) is 1.01. The van der Waals surface area contributed by atoms with Crippen LogP contribution in [-0.4, -0.2) is 4.98 Å². The van der Waals surface area contributed by atoms with Crippen LogP contribution < -0.4 is 0 Å². The maximum atomic E-state index is 12.1. The molecule has 42 valence electrons. The van der Waals surface area contributed by atoms with Crippen LogP contribution in [0.1, 0.15) is 7.12 Å². The van der Waals surface area contributed by atoms with Crippen LogP contribution >= 0.6 is 0 Å². The zero-order valence-corrected chi connectivity index (χ0v) is 3.98. The van der Waals surface area contributed by atoms with Gasteiger partial charge in [0.25, 0.3) is 0 Å². The zero-order chi connectivity index (χ0) is 5.98. The number of nitriles is 1.